The summed E-state index contributed by atoms with van der Waals surface area (Å²) >= 11 is 0. The summed E-state index contributed by atoms with van der Waals surface area (Å²) < 4.78 is 7.28. The summed E-state index contributed by atoms with van der Waals surface area (Å²) in [4.78, 5) is 38.1. The van der Waals surface area contributed by atoms with Crippen molar-refractivity contribution in [3.63, 3.8) is 0 Å². The number of fused-ring (bicyclic) bond motifs is 3. The van der Waals surface area contributed by atoms with E-state index in [1.807, 2.05) is 36.4 Å². The zero-order valence-corrected chi connectivity index (χ0v) is 17.4. The molecule has 1 atom stereocenters. The third-order valence-electron chi connectivity index (χ3n) is 5.65. The smallest absolute Gasteiger partial charge is 0.333 e. The quantitative estimate of drug-likeness (QED) is 0.274. The normalized spacial score (nSPS) is 16.2. The molecule has 0 radical (unpaired) electrons. The van der Waals surface area contributed by atoms with E-state index in [1.165, 1.54) is 6.92 Å². The van der Waals surface area contributed by atoms with Crippen LogP contribution in [0.2, 0.25) is 0 Å². The van der Waals surface area contributed by atoms with Crippen molar-refractivity contribution in [2.45, 2.75) is 19.4 Å². The predicted octanol–water partition coefficient (Wildman–Crippen LogP) is 4.53. The Morgan fingerprint density at radius 1 is 0.875 bits per heavy atom. The maximum absolute atomic E-state index is 12.7. The number of para-hydroxylation sites is 2. The Hall–Kier alpha value is -4.19. The molecule has 1 fully saturated rings. The van der Waals surface area contributed by atoms with Crippen molar-refractivity contribution in [1.82, 2.24) is 4.57 Å². The Labute approximate surface area is 184 Å². The van der Waals surface area contributed by atoms with Crippen LogP contribution in [0.25, 0.3) is 27.5 Å². The van der Waals surface area contributed by atoms with Gasteiger partial charge in [-0.15, -0.1) is 0 Å². The van der Waals surface area contributed by atoms with E-state index < -0.39 is 23.9 Å². The van der Waals surface area contributed by atoms with Gasteiger partial charge in [0.15, 0.2) is 6.10 Å². The van der Waals surface area contributed by atoms with E-state index in [2.05, 4.69) is 35.4 Å². The fourth-order valence-corrected chi connectivity index (χ4v) is 4.15. The first kappa shape index (κ1) is 19.8. The number of aromatic nitrogens is 1. The van der Waals surface area contributed by atoms with Gasteiger partial charge in [0.05, 0.1) is 23.1 Å². The molecule has 1 aromatic heterocycles. The van der Waals surface area contributed by atoms with E-state index in [1.54, 1.807) is 12.1 Å². The summed E-state index contributed by atoms with van der Waals surface area (Å²) in [7, 11) is 0. The van der Waals surface area contributed by atoms with Crippen LogP contribution in [0.4, 0.5) is 5.69 Å². The Morgan fingerprint density at radius 2 is 1.41 bits per heavy atom. The van der Waals surface area contributed by atoms with Crippen molar-refractivity contribution in [2.75, 3.05) is 4.90 Å². The minimum absolute atomic E-state index is 0.174. The highest BCUT2D eigenvalue weighted by molar-refractivity contribution is 6.22. The fraction of sp³-hybridized carbons (Fsp3) is 0.115. The first-order valence-electron chi connectivity index (χ1n) is 10.3. The van der Waals surface area contributed by atoms with Gasteiger partial charge in [-0.25, -0.2) is 9.69 Å². The minimum atomic E-state index is -1.12. The molecule has 6 nitrogen and oxygen atoms in total. The molecule has 3 aromatic carbocycles. The fourth-order valence-electron chi connectivity index (χ4n) is 4.15. The number of benzene rings is 3. The summed E-state index contributed by atoms with van der Waals surface area (Å²) in [5.41, 5.74) is 3.68. The second kappa shape index (κ2) is 7.50. The van der Waals surface area contributed by atoms with Gasteiger partial charge in [0.2, 0.25) is 5.91 Å². The number of esters is 1. The number of carbonyl (C=O) groups is 3. The van der Waals surface area contributed by atoms with Crippen LogP contribution in [0, 0.1) is 0 Å². The SMILES string of the molecule is C=C(C)C(=O)O[C@H]1CC(=O)N(c2ccc(-n3c4ccccc4c4ccccc43)cc2)C1=O. The lowest BCUT2D eigenvalue weighted by Crippen LogP contribution is -2.33. The highest BCUT2D eigenvalue weighted by atomic mass is 16.5. The molecule has 0 spiro atoms. The van der Waals surface area contributed by atoms with Crippen molar-refractivity contribution in [2.24, 2.45) is 0 Å². The van der Waals surface area contributed by atoms with Crippen LogP contribution < -0.4 is 4.90 Å². The monoisotopic (exact) mass is 424 g/mol. The molecular formula is C26H20N2O4. The molecule has 0 bridgehead atoms. The van der Waals surface area contributed by atoms with Crippen molar-refractivity contribution >= 4 is 45.3 Å². The molecule has 6 heteroatoms. The topological polar surface area (TPSA) is 68.6 Å². The second-order valence-corrected chi connectivity index (χ2v) is 7.83. The molecule has 0 aliphatic carbocycles. The lowest BCUT2D eigenvalue weighted by Gasteiger charge is -2.16. The Morgan fingerprint density at radius 3 is 1.97 bits per heavy atom. The van der Waals surface area contributed by atoms with Gasteiger partial charge >= 0.3 is 5.97 Å². The van der Waals surface area contributed by atoms with Gasteiger partial charge in [-0.2, -0.15) is 0 Å². The number of ether oxygens (including phenoxy) is 1. The predicted molar refractivity (Wildman–Crippen MR) is 123 cm³/mol. The van der Waals surface area contributed by atoms with Crippen molar-refractivity contribution in [1.29, 1.82) is 0 Å². The average molecular weight is 424 g/mol. The molecule has 1 aliphatic heterocycles. The minimum Gasteiger partial charge on any atom is -0.448 e. The van der Waals surface area contributed by atoms with E-state index in [4.69, 9.17) is 4.74 Å². The van der Waals surface area contributed by atoms with Crippen molar-refractivity contribution < 1.29 is 19.1 Å². The number of nitrogens with zero attached hydrogens (tertiary/aromatic N) is 2. The highest BCUT2D eigenvalue weighted by Crippen LogP contribution is 2.33. The van der Waals surface area contributed by atoms with Crippen LogP contribution in [0.1, 0.15) is 13.3 Å². The Kier molecular flexibility index (Phi) is 4.63. The molecule has 4 aromatic rings. The number of rotatable bonds is 4. The molecule has 5 rings (SSSR count). The molecule has 1 saturated heterocycles. The number of carbonyl (C=O) groups excluding carboxylic acids is 3. The number of imide groups is 1. The number of anilines is 1. The van der Waals surface area contributed by atoms with Crippen molar-refractivity contribution in [3.8, 4) is 5.69 Å². The molecule has 0 N–H and O–H groups in total. The average Bonchev–Trinajstić information content (AvgIpc) is 3.27. The lowest BCUT2D eigenvalue weighted by molar-refractivity contribution is -0.149. The van der Waals surface area contributed by atoms with Crippen LogP contribution in [0.5, 0.6) is 0 Å². The van der Waals surface area contributed by atoms with Gasteiger partial charge in [0, 0.05) is 22.0 Å². The van der Waals surface area contributed by atoms with Gasteiger partial charge in [-0.05, 0) is 43.3 Å². The van der Waals surface area contributed by atoms with Crippen LogP contribution in [0.15, 0.2) is 84.9 Å². The van der Waals surface area contributed by atoms with Gasteiger partial charge < -0.3 is 9.30 Å². The largest absolute Gasteiger partial charge is 0.448 e. The van der Waals surface area contributed by atoms with E-state index in [0.29, 0.717) is 5.69 Å². The molecule has 158 valence electrons. The maximum Gasteiger partial charge on any atom is 0.333 e. The summed E-state index contributed by atoms with van der Waals surface area (Å²) in [5.74, 6) is -1.63. The summed E-state index contributed by atoms with van der Waals surface area (Å²) in [6.45, 7) is 5.00. The molecule has 0 saturated carbocycles. The number of hydrogen-bond donors (Lipinski definition) is 0. The first-order valence-corrected chi connectivity index (χ1v) is 10.3. The van der Waals surface area contributed by atoms with Crippen molar-refractivity contribution in [3.05, 3.63) is 84.9 Å². The van der Waals surface area contributed by atoms with E-state index in [0.717, 1.165) is 32.4 Å². The van der Waals surface area contributed by atoms with Crippen LogP contribution in [0.3, 0.4) is 0 Å². The Bertz CT molecular complexity index is 1360. The molecule has 32 heavy (non-hydrogen) atoms. The summed E-state index contributed by atoms with van der Waals surface area (Å²) in [6, 6.07) is 23.6. The second-order valence-electron chi connectivity index (χ2n) is 7.83. The van der Waals surface area contributed by atoms with Gasteiger partial charge in [-0.3, -0.25) is 9.59 Å². The highest BCUT2D eigenvalue weighted by Gasteiger charge is 2.42. The zero-order valence-electron chi connectivity index (χ0n) is 17.4. The molecule has 1 aliphatic rings. The lowest BCUT2D eigenvalue weighted by atomic mass is 10.2. The van der Waals surface area contributed by atoms with Crippen LogP contribution in [-0.4, -0.2) is 28.5 Å². The summed E-state index contributed by atoms with van der Waals surface area (Å²) in [6.07, 6.45) is -1.30. The molecule has 2 amide bonds. The van der Waals surface area contributed by atoms with Crippen LogP contribution in [-0.2, 0) is 19.1 Å². The first-order chi connectivity index (χ1) is 15.5. The van der Waals surface area contributed by atoms with Gasteiger partial charge in [0.25, 0.3) is 5.91 Å². The summed E-state index contributed by atoms with van der Waals surface area (Å²) in [5, 5.41) is 2.30. The zero-order chi connectivity index (χ0) is 22.4. The maximum atomic E-state index is 12.7. The van der Waals surface area contributed by atoms with E-state index >= 15 is 0 Å². The Balaban J connectivity index is 1.50. The third kappa shape index (κ3) is 3.08. The van der Waals surface area contributed by atoms with Gasteiger partial charge in [-0.1, -0.05) is 43.0 Å². The van der Waals surface area contributed by atoms with Gasteiger partial charge in [0.1, 0.15) is 0 Å². The molecular weight excluding hydrogens is 404 g/mol. The standard InChI is InChI=1S/C26H20N2O4/c1-16(2)26(31)32-23-15-24(29)28(25(23)30)18-13-11-17(12-14-18)27-21-9-5-3-7-19(21)20-8-4-6-10-22(20)27/h3-14,23H,1,15H2,2H3/t23-/m0/s1. The van der Waals surface area contributed by atoms with Crippen LogP contribution >= 0.6 is 0 Å². The molecule has 0 unspecified atom stereocenters. The molecule has 2 heterocycles. The third-order valence-corrected chi connectivity index (χ3v) is 5.65. The number of amides is 2. The van der Waals surface area contributed by atoms with E-state index in [9.17, 15) is 14.4 Å². The van der Waals surface area contributed by atoms with E-state index in [-0.39, 0.29) is 12.0 Å². The number of hydrogen-bond acceptors (Lipinski definition) is 4.